The highest BCUT2D eigenvalue weighted by atomic mass is 16.6. The van der Waals surface area contributed by atoms with E-state index in [9.17, 15) is 9.59 Å². The Morgan fingerprint density at radius 2 is 1.66 bits per heavy atom. The van der Waals surface area contributed by atoms with Gasteiger partial charge in [0.2, 0.25) is 0 Å². The third kappa shape index (κ3) is 5.42. The number of Topliss-reactive ketones (excluding diaryl/α,β-unsaturated/α-hetero) is 1. The average molecular weight is 524 g/mol. The number of benzene rings is 1. The van der Waals surface area contributed by atoms with Gasteiger partial charge in [-0.1, -0.05) is 90.0 Å². The van der Waals surface area contributed by atoms with Crippen LogP contribution in [0.3, 0.4) is 0 Å². The van der Waals surface area contributed by atoms with Gasteiger partial charge in [-0.05, 0) is 56.8 Å². The van der Waals surface area contributed by atoms with E-state index < -0.39 is 6.10 Å². The summed E-state index contributed by atoms with van der Waals surface area (Å²) in [7, 11) is 2.22. The molecule has 4 aliphatic rings. The highest BCUT2D eigenvalue weighted by Gasteiger charge is 2.65. The van der Waals surface area contributed by atoms with Crippen LogP contribution in [-0.4, -0.2) is 42.4 Å². The van der Waals surface area contributed by atoms with Gasteiger partial charge in [0.15, 0.2) is 23.4 Å². The van der Waals surface area contributed by atoms with E-state index in [2.05, 4.69) is 24.9 Å². The number of nitrogens with zero attached hydrogens (tertiary/aromatic N) is 1. The van der Waals surface area contributed by atoms with Crippen molar-refractivity contribution in [3.63, 3.8) is 0 Å². The standard InChI is InChI=1S/C33H49NO4/c1-3-4-5-6-7-8-9-10-11-12-13-14-15-16-29(36)37-28-20-17-24-23-26-25-18-19-27(35)32-33(25,21-22-34(26)2)30(24)31(28)38-32/h17,20,25-26,32H,3-16,18-19,21-23H2,1-2H3/t25-,26+,32-,33-/m0/s1. The van der Waals surface area contributed by atoms with Crippen LogP contribution in [-0.2, 0) is 21.4 Å². The zero-order chi connectivity index (χ0) is 26.5. The van der Waals surface area contributed by atoms with Gasteiger partial charge in [-0.3, -0.25) is 9.59 Å². The van der Waals surface area contributed by atoms with Crippen LogP contribution in [0.1, 0.15) is 127 Å². The molecule has 2 fully saturated rings. The molecule has 4 atom stereocenters. The van der Waals surface area contributed by atoms with Gasteiger partial charge in [0, 0.05) is 29.9 Å². The molecular formula is C33H49NO4. The molecule has 0 unspecified atom stereocenters. The van der Waals surface area contributed by atoms with E-state index in [4.69, 9.17) is 9.47 Å². The van der Waals surface area contributed by atoms with Crippen molar-refractivity contribution in [3.05, 3.63) is 23.3 Å². The Labute approximate surface area is 230 Å². The summed E-state index contributed by atoms with van der Waals surface area (Å²) in [6.45, 7) is 3.25. The lowest BCUT2D eigenvalue weighted by molar-refractivity contribution is -0.138. The zero-order valence-corrected chi connectivity index (χ0v) is 23.9. The molecule has 2 heterocycles. The lowest BCUT2D eigenvalue weighted by Gasteiger charge is -2.57. The minimum atomic E-state index is -0.410. The Balaban J connectivity index is 1.08. The molecular weight excluding hydrogens is 474 g/mol. The Bertz CT molecular complexity index is 989. The number of ketones is 1. The third-order valence-corrected chi connectivity index (χ3v) is 10.1. The fourth-order valence-electron chi connectivity index (χ4n) is 8.05. The predicted molar refractivity (Wildman–Crippen MR) is 151 cm³/mol. The van der Waals surface area contributed by atoms with Crippen molar-refractivity contribution in [1.29, 1.82) is 0 Å². The molecule has 2 aliphatic carbocycles. The number of likely N-dealkylation sites (N-methyl/N-ethyl adjacent to an activating group) is 1. The normalized spacial score (nSPS) is 27.2. The number of carbonyl (C=O) groups excluding carboxylic acids is 2. The smallest absolute Gasteiger partial charge is 0.311 e. The summed E-state index contributed by atoms with van der Waals surface area (Å²) in [5.41, 5.74) is 2.24. The average Bonchev–Trinajstić information content (AvgIpc) is 3.27. The highest BCUT2D eigenvalue weighted by Crippen LogP contribution is 2.63. The van der Waals surface area contributed by atoms with E-state index in [1.54, 1.807) is 0 Å². The number of rotatable bonds is 15. The number of carbonyl (C=O) groups is 2. The van der Waals surface area contributed by atoms with Crippen molar-refractivity contribution in [2.24, 2.45) is 5.92 Å². The fourth-order valence-corrected chi connectivity index (χ4v) is 8.05. The van der Waals surface area contributed by atoms with Gasteiger partial charge < -0.3 is 14.4 Å². The number of hydrogen-bond acceptors (Lipinski definition) is 5. The molecule has 5 heteroatoms. The second kappa shape index (κ2) is 12.5. The molecule has 5 nitrogen and oxygen atoms in total. The first kappa shape index (κ1) is 27.7. The molecule has 0 amide bonds. The van der Waals surface area contributed by atoms with E-state index in [0.29, 0.717) is 36.3 Å². The first-order chi connectivity index (χ1) is 18.6. The molecule has 210 valence electrons. The Morgan fingerprint density at radius 1 is 1.00 bits per heavy atom. The summed E-state index contributed by atoms with van der Waals surface area (Å²) in [4.78, 5) is 28.3. The number of unbranched alkanes of at least 4 members (excludes halogenated alkanes) is 12. The molecule has 0 N–H and O–H groups in total. The summed E-state index contributed by atoms with van der Waals surface area (Å²) in [6.07, 6.45) is 20.2. The van der Waals surface area contributed by atoms with E-state index in [1.165, 1.54) is 81.8 Å². The molecule has 2 aliphatic heterocycles. The predicted octanol–water partition coefficient (Wildman–Crippen LogP) is 7.31. The van der Waals surface area contributed by atoms with Crippen LogP contribution in [0.15, 0.2) is 12.1 Å². The van der Waals surface area contributed by atoms with Gasteiger partial charge in [-0.25, -0.2) is 0 Å². The molecule has 0 aromatic heterocycles. The minimum absolute atomic E-state index is 0.180. The van der Waals surface area contributed by atoms with Crippen molar-refractivity contribution in [2.45, 2.75) is 140 Å². The van der Waals surface area contributed by atoms with Gasteiger partial charge in [0.25, 0.3) is 0 Å². The van der Waals surface area contributed by atoms with Crippen LogP contribution in [0.4, 0.5) is 0 Å². The lowest BCUT2D eigenvalue weighted by Crippen LogP contribution is -2.65. The van der Waals surface area contributed by atoms with Gasteiger partial charge in [-0.15, -0.1) is 0 Å². The first-order valence-corrected chi connectivity index (χ1v) is 15.8. The molecule has 5 rings (SSSR count). The molecule has 38 heavy (non-hydrogen) atoms. The van der Waals surface area contributed by atoms with Crippen LogP contribution in [0.2, 0.25) is 0 Å². The number of esters is 1. The van der Waals surface area contributed by atoms with Crippen LogP contribution in [0.25, 0.3) is 0 Å². The zero-order valence-electron chi connectivity index (χ0n) is 23.9. The molecule has 1 spiro atoms. The Morgan fingerprint density at radius 3 is 2.34 bits per heavy atom. The largest absolute Gasteiger partial charge is 0.477 e. The summed E-state index contributed by atoms with van der Waals surface area (Å²) in [5, 5.41) is 0. The Hall–Kier alpha value is -1.88. The summed E-state index contributed by atoms with van der Waals surface area (Å²) in [5.74, 6) is 1.69. The van der Waals surface area contributed by atoms with E-state index in [-0.39, 0.29) is 17.2 Å². The third-order valence-electron chi connectivity index (χ3n) is 10.1. The van der Waals surface area contributed by atoms with Crippen molar-refractivity contribution in [3.8, 4) is 11.5 Å². The molecule has 1 aromatic rings. The summed E-state index contributed by atoms with van der Waals surface area (Å²) >= 11 is 0. The Kier molecular flexibility index (Phi) is 9.13. The van der Waals surface area contributed by atoms with Crippen LogP contribution in [0.5, 0.6) is 11.5 Å². The molecule has 0 radical (unpaired) electrons. The topological polar surface area (TPSA) is 55.8 Å². The van der Waals surface area contributed by atoms with Crippen molar-refractivity contribution in [1.82, 2.24) is 4.90 Å². The van der Waals surface area contributed by atoms with Gasteiger partial charge in [0.1, 0.15) is 0 Å². The van der Waals surface area contributed by atoms with Crippen molar-refractivity contribution in [2.75, 3.05) is 13.6 Å². The van der Waals surface area contributed by atoms with E-state index in [0.717, 1.165) is 38.6 Å². The maximum absolute atomic E-state index is 13.0. The second-order valence-electron chi connectivity index (χ2n) is 12.5. The van der Waals surface area contributed by atoms with Crippen molar-refractivity contribution >= 4 is 11.8 Å². The van der Waals surface area contributed by atoms with E-state index in [1.807, 2.05) is 6.07 Å². The molecule has 1 saturated heterocycles. The molecule has 1 aromatic carbocycles. The van der Waals surface area contributed by atoms with Gasteiger partial charge >= 0.3 is 5.97 Å². The number of hydrogen-bond donors (Lipinski definition) is 0. The fraction of sp³-hybridized carbons (Fsp3) is 0.758. The van der Waals surface area contributed by atoms with Gasteiger partial charge in [-0.2, -0.15) is 0 Å². The summed E-state index contributed by atoms with van der Waals surface area (Å²) in [6, 6.07) is 4.50. The minimum Gasteiger partial charge on any atom is -0.477 e. The maximum Gasteiger partial charge on any atom is 0.311 e. The molecule has 1 saturated carbocycles. The van der Waals surface area contributed by atoms with Gasteiger partial charge in [0.05, 0.1) is 0 Å². The second-order valence-corrected chi connectivity index (χ2v) is 12.5. The van der Waals surface area contributed by atoms with Crippen LogP contribution in [0, 0.1) is 5.92 Å². The number of ether oxygens (including phenoxy) is 2. The monoisotopic (exact) mass is 523 g/mol. The maximum atomic E-state index is 13.0. The van der Waals surface area contributed by atoms with Crippen LogP contribution >= 0.6 is 0 Å². The summed E-state index contributed by atoms with van der Waals surface area (Å²) < 4.78 is 12.3. The van der Waals surface area contributed by atoms with Crippen LogP contribution < -0.4 is 9.47 Å². The van der Waals surface area contributed by atoms with Crippen molar-refractivity contribution < 1.29 is 19.1 Å². The quantitative estimate of drug-likeness (QED) is 0.137. The van der Waals surface area contributed by atoms with E-state index >= 15 is 0 Å². The number of likely N-dealkylation sites (tertiary alicyclic amines) is 1. The lowest BCUT2D eigenvalue weighted by atomic mass is 9.52. The highest BCUT2D eigenvalue weighted by molar-refractivity contribution is 5.89. The molecule has 2 bridgehead atoms. The first-order valence-electron chi connectivity index (χ1n) is 15.8. The number of piperidine rings is 1. The SMILES string of the molecule is CCCCCCCCCCCCCCCC(=O)Oc1ccc2c3c1O[C@H]1C(=O)CC[C@H]4[C@@H](C2)N(C)CC[C@]314.